The summed E-state index contributed by atoms with van der Waals surface area (Å²) in [5.41, 5.74) is 1.48. The van der Waals surface area contributed by atoms with Crippen molar-refractivity contribution >= 4 is 17.6 Å². The quantitative estimate of drug-likeness (QED) is 0.606. The van der Waals surface area contributed by atoms with E-state index in [9.17, 15) is 14.0 Å². The molecule has 2 aromatic carbocycles. The number of nitrogens with one attached hydrogen (secondary N) is 2. The molecule has 7 nitrogen and oxygen atoms in total. The van der Waals surface area contributed by atoms with Gasteiger partial charge in [0, 0.05) is 43.2 Å². The van der Waals surface area contributed by atoms with E-state index in [1.807, 2.05) is 35.2 Å². The molecule has 32 heavy (non-hydrogen) atoms. The summed E-state index contributed by atoms with van der Waals surface area (Å²) >= 11 is 0. The topological polar surface area (TPSA) is 87.5 Å². The Morgan fingerprint density at radius 1 is 1.06 bits per heavy atom. The van der Waals surface area contributed by atoms with Crippen LogP contribution in [0, 0.1) is 5.82 Å². The van der Waals surface area contributed by atoms with Gasteiger partial charge in [-0.15, -0.1) is 0 Å². The molecule has 166 valence electrons. The van der Waals surface area contributed by atoms with Gasteiger partial charge in [-0.25, -0.2) is 14.2 Å². The summed E-state index contributed by atoms with van der Waals surface area (Å²) in [5, 5.41) is 5.60. The molecule has 1 aromatic heterocycles. The molecule has 4 rings (SSSR count). The SMILES string of the molecule is O=C(Nc1ccc(F)cc1)NC1CCN(C(=O)CCc2ncc(-c3ccccc3)o2)CC1. The van der Waals surface area contributed by atoms with E-state index in [2.05, 4.69) is 15.6 Å². The summed E-state index contributed by atoms with van der Waals surface area (Å²) in [5.74, 6) is 0.941. The van der Waals surface area contributed by atoms with Crippen LogP contribution in [0.4, 0.5) is 14.9 Å². The van der Waals surface area contributed by atoms with Gasteiger partial charge in [0.2, 0.25) is 5.91 Å². The molecule has 0 saturated carbocycles. The summed E-state index contributed by atoms with van der Waals surface area (Å²) in [6.07, 6.45) is 3.82. The average molecular weight is 436 g/mol. The van der Waals surface area contributed by atoms with Crippen molar-refractivity contribution in [2.24, 2.45) is 0 Å². The highest BCUT2D eigenvalue weighted by Gasteiger charge is 2.24. The molecule has 1 saturated heterocycles. The fourth-order valence-electron chi connectivity index (χ4n) is 3.69. The van der Waals surface area contributed by atoms with Crippen LogP contribution in [0.2, 0.25) is 0 Å². The van der Waals surface area contributed by atoms with Crippen LogP contribution >= 0.6 is 0 Å². The highest BCUT2D eigenvalue weighted by atomic mass is 19.1. The molecule has 0 radical (unpaired) electrons. The Morgan fingerprint density at radius 2 is 1.78 bits per heavy atom. The Bertz CT molecular complexity index is 1040. The van der Waals surface area contributed by atoms with Crippen LogP contribution in [-0.2, 0) is 11.2 Å². The second-order valence-electron chi connectivity index (χ2n) is 7.74. The predicted molar refractivity (Wildman–Crippen MR) is 118 cm³/mol. The van der Waals surface area contributed by atoms with Crippen molar-refractivity contribution in [1.82, 2.24) is 15.2 Å². The minimum absolute atomic E-state index is 0.0142. The molecule has 1 aliphatic rings. The van der Waals surface area contributed by atoms with Gasteiger partial charge in [0.1, 0.15) is 5.82 Å². The van der Waals surface area contributed by atoms with E-state index in [0.717, 1.165) is 5.56 Å². The highest BCUT2D eigenvalue weighted by molar-refractivity contribution is 5.89. The Hall–Kier alpha value is -3.68. The summed E-state index contributed by atoms with van der Waals surface area (Å²) in [6, 6.07) is 15.0. The monoisotopic (exact) mass is 436 g/mol. The second kappa shape index (κ2) is 10.1. The number of anilines is 1. The first-order valence-electron chi connectivity index (χ1n) is 10.7. The van der Waals surface area contributed by atoms with Crippen LogP contribution in [0.1, 0.15) is 25.2 Å². The summed E-state index contributed by atoms with van der Waals surface area (Å²) in [4.78, 5) is 30.8. The minimum atomic E-state index is -0.354. The molecule has 1 aliphatic heterocycles. The summed E-state index contributed by atoms with van der Waals surface area (Å²) in [7, 11) is 0. The number of nitrogens with zero attached hydrogens (tertiary/aromatic N) is 2. The molecule has 0 unspecified atom stereocenters. The molecule has 2 heterocycles. The van der Waals surface area contributed by atoms with Gasteiger partial charge in [-0.05, 0) is 37.1 Å². The number of carbonyl (C=O) groups excluding carboxylic acids is 2. The van der Waals surface area contributed by atoms with Crippen LogP contribution in [0.3, 0.4) is 0 Å². The lowest BCUT2D eigenvalue weighted by atomic mass is 10.0. The van der Waals surface area contributed by atoms with E-state index >= 15 is 0 Å². The van der Waals surface area contributed by atoms with Gasteiger partial charge < -0.3 is 20.0 Å². The Morgan fingerprint density at radius 3 is 2.50 bits per heavy atom. The van der Waals surface area contributed by atoms with E-state index in [1.54, 1.807) is 6.20 Å². The molecule has 2 N–H and O–H groups in total. The minimum Gasteiger partial charge on any atom is -0.441 e. The fraction of sp³-hybridized carbons (Fsp3) is 0.292. The van der Waals surface area contributed by atoms with Crippen molar-refractivity contribution < 1.29 is 18.4 Å². The van der Waals surface area contributed by atoms with Crippen LogP contribution in [0.25, 0.3) is 11.3 Å². The van der Waals surface area contributed by atoms with Crippen LogP contribution < -0.4 is 10.6 Å². The lowest BCUT2D eigenvalue weighted by Crippen LogP contribution is -2.47. The van der Waals surface area contributed by atoms with E-state index < -0.39 is 0 Å². The van der Waals surface area contributed by atoms with E-state index in [1.165, 1.54) is 24.3 Å². The van der Waals surface area contributed by atoms with Crippen LogP contribution in [-0.4, -0.2) is 41.0 Å². The average Bonchev–Trinajstić information content (AvgIpc) is 3.29. The van der Waals surface area contributed by atoms with Gasteiger partial charge in [0.25, 0.3) is 0 Å². The molecule has 3 aromatic rings. The van der Waals surface area contributed by atoms with E-state index in [-0.39, 0.29) is 23.8 Å². The normalized spacial score (nSPS) is 14.2. The number of benzene rings is 2. The third-order valence-electron chi connectivity index (χ3n) is 5.45. The Kier molecular flexibility index (Phi) is 6.79. The number of aromatic nitrogens is 1. The Labute approximate surface area is 185 Å². The lowest BCUT2D eigenvalue weighted by Gasteiger charge is -2.32. The zero-order valence-electron chi connectivity index (χ0n) is 17.6. The van der Waals surface area contributed by atoms with E-state index in [4.69, 9.17) is 4.42 Å². The smallest absolute Gasteiger partial charge is 0.319 e. The predicted octanol–water partition coefficient (Wildman–Crippen LogP) is 4.23. The van der Waals surface area contributed by atoms with Crippen molar-refractivity contribution in [2.45, 2.75) is 31.7 Å². The molecular weight excluding hydrogens is 411 g/mol. The van der Waals surface area contributed by atoms with Crippen molar-refractivity contribution in [3.8, 4) is 11.3 Å². The van der Waals surface area contributed by atoms with Gasteiger partial charge >= 0.3 is 6.03 Å². The number of halogens is 1. The third kappa shape index (κ3) is 5.72. The van der Waals surface area contributed by atoms with Crippen LogP contribution in [0.15, 0.2) is 65.2 Å². The molecule has 0 bridgehead atoms. The van der Waals surface area contributed by atoms with Gasteiger partial charge in [-0.1, -0.05) is 30.3 Å². The fourth-order valence-corrected chi connectivity index (χ4v) is 3.69. The third-order valence-corrected chi connectivity index (χ3v) is 5.45. The molecule has 0 atom stereocenters. The first kappa shape index (κ1) is 21.5. The standard InChI is InChI=1S/C24H25FN4O3/c25-18-6-8-19(9-7-18)27-24(31)28-20-12-14-29(15-13-20)23(30)11-10-22-26-16-21(32-22)17-4-2-1-3-5-17/h1-9,16,20H,10-15H2,(H2,27,28,31). The molecule has 3 amide bonds. The molecular formula is C24H25FN4O3. The van der Waals surface area contributed by atoms with Crippen molar-refractivity contribution in [2.75, 3.05) is 18.4 Å². The molecule has 8 heteroatoms. The largest absolute Gasteiger partial charge is 0.441 e. The van der Waals surface area contributed by atoms with Crippen molar-refractivity contribution in [3.63, 3.8) is 0 Å². The number of piperidine rings is 1. The maximum Gasteiger partial charge on any atom is 0.319 e. The lowest BCUT2D eigenvalue weighted by molar-refractivity contribution is -0.132. The number of carbonyl (C=O) groups is 2. The number of amides is 3. The van der Waals surface area contributed by atoms with Gasteiger partial charge in [-0.2, -0.15) is 0 Å². The molecule has 0 aliphatic carbocycles. The number of rotatable bonds is 6. The number of aryl methyl sites for hydroxylation is 1. The zero-order valence-corrected chi connectivity index (χ0v) is 17.6. The zero-order chi connectivity index (χ0) is 22.3. The van der Waals surface area contributed by atoms with Gasteiger partial charge in [0.15, 0.2) is 11.7 Å². The Balaban J connectivity index is 1.19. The molecule has 1 fully saturated rings. The maximum atomic E-state index is 13.0. The number of likely N-dealkylation sites (tertiary alicyclic amines) is 1. The first-order valence-corrected chi connectivity index (χ1v) is 10.7. The number of urea groups is 1. The number of hydrogen-bond acceptors (Lipinski definition) is 4. The summed E-state index contributed by atoms with van der Waals surface area (Å²) < 4.78 is 18.7. The van der Waals surface area contributed by atoms with Gasteiger partial charge in [-0.3, -0.25) is 4.79 Å². The second-order valence-corrected chi connectivity index (χ2v) is 7.74. The highest BCUT2D eigenvalue weighted by Crippen LogP contribution is 2.21. The van der Waals surface area contributed by atoms with Crippen molar-refractivity contribution in [1.29, 1.82) is 0 Å². The summed E-state index contributed by atoms with van der Waals surface area (Å²) in [6.45, 7) is 1.17. The number of hydrogen-bond donors (Lipinski definition) is 2. The number of oxazole rings is 1. The van der Waals surface area contributed by atoms with Gasteiger partial charge in [0.05, 0.1) is 6.20 Å². The molecule has 0 spiro atoms. The van der Waals surface area contributed by atoms with Crippen molar-refractivity contribution in [3.05, 3.63) is 72.5 Å². The maximum absolute atomic E-state index is 13.0. The van der Waals surface area contributed by atoms with Crippen LogP contribution in [0.5, 0.6) is 0 Å². The first-order chi connectivity index (χ1) is 15.6. The van der Waals surface area contributed by atoms with E-state index in [0.29, 0.717) is 56.1 Å².